The summed E-state index contributed by atoms with van der Waals surface area (Å²) in [7, 11) is 1.54. The van der Waals surface area contributed by atoms with Gasteiger partial charge in [0.25, 0.3) is 5.91 Å². The number of carboxylic acids is 1. The fourth-order valence-electron chi connectivity index (χ4n) is 1.55. The van der Waals surface area contributed by atoms with Gasteiger partial charge in [-0.1, -0.05) is 0 Å². The summed E-state index contributed by atoms with van der Waals surface area (Å²) in [5.41, 5.74) is 0.742. The van der Waals surface area contributed by atoms with Crippen LogP contribution in [0.4, 0.5) is 5.82 Å². The van der Waals surface area contributed by atoms with Crippen molar-refractivity contribution in [1.29, 1.82) is 0 Å². The Hall–Kier alpha value is -2.57. The van der Waals surface area contributed by atoms with E-state index >= 15 is 0 Å². The Morgan fingerprint density at radius 2 is 2.05 bits per heavy atom. The zero-order chi connectivity index (χ0) is 14.2. The summed E-state index contributed by atoms with van der Waals surface area (Å²) >= 11 is 0. The molecule has 2 heterocycles. The van der Waals surface area contributed by atoms with E-state index in [1.165, 1.54) is 10.7 Å². The second-order valence-corrected chi connectivity index (χ2v) is 4.15. The first-order chi connectivity index (χ1) is 8.88. The highest BCUT2D eigenvalue weighted by molar-refractivity contribution is 6.02. The molecule has 0 spiro atoms. The first-order valence-electron chi connectivity index (χ1n) is 5.54. The maximum Gasteiger partial charge on any atom is 0.356 e. The zero-order valence-corrected chi connectivity index (χ0v) is 10.7. The topological polar surface area (TPSA) is 97.4 Å². The van der Waals surface area contributed by atoms with E-state index in [2.05, 4.69) is 10.4 Å². The molecule has 1 amide bonds. The monoisotopic (exact) mass is 263 g/mol. The number of hydrogen-bond acceptors (Lipinski definition) is 4. The summed E-state index contributed by atoms with van der Waals surface area (Å²) in [5, 5.41) is 15.1. The minimum Gasteiger partial charge on any atom is -0.476 e. The van der Waals surface area contributed by atoms with Gasteiger partial charge in [0.15, 0.2) is 11.5 Å². The van der Waals surface area contributed by atoms with Crippen molar-refractivity contribution in [2.24, 2.45) is 7.05 Å². The van der Waals surface area contributed by atoms with Crippen LogP contribution in [0.25, 0.3) is 0 Å². The standard InChI is InChI=1S/C12H13N3O4/c1-6-4-9(19-7(6)2)11(16)13-10-5-8(12(17)18)14-15(10)3/h4-5H,1-3H3,(H,13,16)(H,17,18). The molecular weight excluding hydrogens is 250 g/mol. The second-order valence-electron chi connectivity index (χ2n) is 4.15. The summed E-state index contributed by atoms with van der Waals surface area (Å²) in [6, 6.07) is 2.90. The molecule has 2 N–H and O–H groups in total. The quantitative estimate of drug-likeness (QED) is 0.876. The first kappa shape index (κ1) is 12.9. The van der Waals surface area contributed by atoms with Gasteiger partial charge in [0.2, 0.25) is 0 Å². The van der Waals surface area contributed by atoms with E-state index in [-0.39, 0.29) is 17.3 Å². The number of aromatic carboxylic acids is 1. The van der Waals surface area contributed by atoms with E-state index in [9.17, 15) is 9.59 Å². The van der Waals surface area contributed by atoms with Crippen molar-refractivity contribution in [2.75, 3.05) is 5.32 Å². The predicted octanol–water partition coefficient (Wildman–Crippen LogP) is 1.58. The molecule has 2 aromatic rings. The van der Waals surface area contributed by atoms with Crippen LogP contribution in [0.15, 0.2) is 16.5 Å². The van der Waals surface area contributed by atoms with Crippen LogP contribution in [0, 0.1) is 13.8 Å². The number of aryl methyl sites for hydroxylation is 3. The third-order valence-corrected chi connectivity index (χ3v) is 2.73. The first-order valence-corrected chi connectivity index (χ1v) is 5.54. The molecule has 2 aromatic heterocycles. The molecule has 0 aliphatic heterocycles. The number of carbonyl (C=O) groups excluding carboxylic acids is 1. The van der Waals surface area contributed by atoms with Crippen molar-refractivity contribution in [3.63, 3.8) is 0 Å². The van der Waals surface area contributed by atoms with Crippen LogP contribution in [-0.2, 0) is 7.05 Å². The fourth-order valence-corrected chi connectivity index (χ4v) is 1.55. The van der Waals surface area contributed by atoms with Crippen molar-refractivity contribution < 1.29 is 19.1 Å². The molecule has 0 aromatic carbocycles. The van der Waals surface area contributed by atoms with Crippen LogP contribution in [0.5, 0.6) is 0 Å². The van der Waals surface area contributed by atoms with Gasteiger partial charge in [-0.25, -0.2) is 4.79 Å². The SMILES string of the molecule is Cc1cc(C(=O)Nc2cc(C(=O)O)nn2C)oc1C. The molecular formula is C12H13N3O4. The van der Waals surface area contributed by atoms with Crippen molar-refractivity contribution >= 4 is 17.7 Å². The van der Waals surface area contributed by atoms with Gasteiger partial charge in [-0.05, 0) is 25.5 Å². The fraction of sp³-hybridized carbons (Fsp3) is 0.250. The number of carbonyl (C=O) groups is 2. The molecule has 2 rings (SSSR count). The number of nitrogens with one attached hydrogen (secondary N) is 1. The van der Waals surface area contributed by atoms with Gasteiger partial charge in [0, 0.05) is 13.1 Å². The van der Waals surface area contributed by atoms with E-state index < -0.39 is 11.9 Å². The maximum absolute atomic E-state index is 11.9. The summed E-state index contributed by atoms with van der Waals surface area (Å²) in [5.74, 6) is -0.472. The van der Waals surface area contributed by atoms with E-state index in [0.717, 1.165) is 5.56 Å². The van der Waals surface area contributed by atoms with Crippen molar-refractivity contribution in [3.8, 4) is 0 Å². The normalized spacial score (nSPS) is 10.5. The maximum atomic E-state index is 11.9. The van der Waals surface area contributed by atoms with Crippen LogP contribution in [-0.4, -0.2) is 26.8 Å². The number of rotatable bonds is 3. The smallest absolute Gasteiger partial charge is 0.356 e. The molecule has 0 saturated carbocycles. The van der Waals surface area contributed by atoms with Gasteiger partial charge in [-0.3, -0.25) is 9.48 Å². The predicted molar refractivity (Wildman–Crippen MR) is 66.3 cm³/mol. The van der Waals surface area contributed by atoms with Gasteiger partial charge < -0.3 is 14.8 Å². The van der Waals surface area contributed by atoms with Crippen LogP contribution in [0.3, 0.4) is 0 Å². The molecule has 100 valence electrons. The third kappa shape index (κ3) is 2.49. The molecule has 0 aliphatic carbocycles. The van der Waals surface area contributed by atoms with Crippen molar-refractivity contribution in [2.45, 2.75) is 13.8 Å². The molecule has 0 radical (unpaired) electrons. The average Bonchev–Trinajstić information content (AvgIpc) is 2.85. The Kier molecular flexibility index (Phi) is 3.12. The highest BCUT2D eigenvalue weighted by atomic mass is 16.4. The Morgan fingerprint density at radius 1 is 1.37 bits per heavy atom. The van der Waals surface area contributed by atoms with Gasteiger partial charge >= 0.3 is 5.97 Å². The molecule has 0 atom stereocenters. The number of anilines is 1. The van der Waals surface area contributed by atoms with Crippen LogP contribution < -0.4 is 5.32 Å². The molecule has 19 heavy (non-hydrogen) atoms. The molecule has 0 saturated heterocycles. The summed E-state index contributed by atoms with van der Waals surface area (Å²) in [4.78, 5) is 22.7. The lowest BCUT2D eigenvalue weighted by atomic mass is 10.3. The van der Waals surface area contributed by atoms with Gasteiger partial charge in [-0.2, -0.15) is 5.10 Å². The Labute approximate surface area is 108 Å². The molecule has 7 nitrogen and oxygen atoms in total. The lowest BCUT2D eigenvalue weighted by molar-refractivity contribution is 0.0689. The highest BCUT2D eigenvalue weighted by Gasteiger charge is 2.16. The number of carboxylic acid groups (broad SMARTS) is 1. The minimum absolute atomic E-state index is 0.135. The second kappa shape index (κ2) is 4.60. The van der Waals surface area contributed by atoms with E-state index in [1.54, 1.807) is 20.0 Å². The number of hydrogen-bond donors (Lipinski definition) is 2. The molecule has 7 heteroatoms. The summed E-state index contributed by atoms with van der Waals surface area (Å²) in [6.07, 6.45) is 0. The highest BCUT2D eigenvalue weighted by Crippen LogP contribution is 2.16. The number of nitrogens with zero attached hydrogens (tertiary/aromatic N) is 2. The Morgan fingerprint density at radius 3 is 2.53 bits per heavy atom. The average molecular weight is 263 g/mol. The Balaban J connectivity index is 2.21. The lowest BCUT2D eigenvalue weighted by Gasteiger charge is -2.02. The van der Waals surface area contributed by atoms with Gasteiger partial charge in [0.05, 0.1) is 0 Å². The number of aromatic nitrogens is 2. The van der Waals surface area contributed by atoms with Crippen molar-refractivity contribution in [1.82, 2.24) is 9.78 Å². The minimum atomic E-state index is -1.15. The Bertz CT molecular complexity index is 634. The van der Waals surface area contributed by atoms with E-state index in [1.807, 2.05) is 6.92 Å². The van der Waals surface area contributed by atoms with E-state index in [0.29, 0.717) is 5.76 Å². The lowest BCUT2D eigenvalue weighted by Crippen LogP contribution is -2.13. The van der Waals surface area contributed by atoms with Crippen LogP contribution in [0.1, 0.15) is 32.4 Å². The summed E-state index contributed by atoms with van der Waals surface area (Å²) in [6.45, 7) is 3.60. The van der Waals surface area contributed by atoms with Crippen molar-refractivity contribution in [3.05, 3.63) is 34.9 Å². The number of amides is 1. The van der Waals surface area contributed by atoms with Crippen LogP contribution in [0.2, 0.25) is 0 Å². The third-order valence-electron chi connectivity index (χ3n) is 2.73. The summed E-state index contributed by atoms with van der Waals surface area (Å²) < 4.78 is 6.57. The van der Waals surface area contributed by atoms with E-state index in [4.69, 9.17) is 9.52 Å². The zero-order valence-electron chi connectivity index (χ0n) is 10.7. The molecule has 0 unspecified atom stereocenters. The number of furan rings is 1. The molecule has 0 bridgehead atoms. The van der Waals surface area contributed by atoms with Crippen LogP contribution >= 0.6 is 0 Å². The van der Waals surface area contributed by atoms with Gasteiger partial charge in [0.1, 0.15) is 11.6 Å². The van der Waals surface area contributed by atoms with Gasteiger partial charge in [-0.15, -0.1) is 0 Å². The molecule has 0 aliphatic rings. The molecule has 0 fully saturated rings. The largest absolute Gasteiger partial charge is 0.476 e.